The van der Waals surface area contributed by atoms with Gasteiger partial charge in [0.15, 0.2) is 6.10 Å². The van der Waals surface area contributed by atoms with Crippen LogP contribution in [0.25, 0.3) is 0 Å². The van der Waals surface area contributed by atoms with Crippen LogP contribution in [0.1, 0.15) is 52.9 Å². The van der Waals surface area contributed by atoms with Gasteiger partial charge in [0.05, 0.1) is 19.7 Å². The van der Waals surface area contributed by atoms with Gasteiger partial charge >= 0.3 is 0 Å². The lowest BCUT2D eigenvalue weighted by Gasteiger charge is -2.35. The summed E-state index contributed by atoms with van der Waals surface area (Å²) in [6, 6.07) is 20.9. The van der Waals surface area contributed by atoms with E-state index >= 15 is 0 Å². The number of amides is 2. The summed E-state index contributed by atoms with van der Waals surface area (Å²) in [4.78, 5) is 28.0. The molecule has 6 nitrogen and oxygen atoms in total. The standard InChI is InChI=1S/C28H28N2O4/c1-18-28(32)30(25-9-5-7-19-6-3-4-8-24(19)25)17-21-16-22(12-15-26(21)34-18)29-27(31)20-10-13-23(33-2)14-11-20/h3-4,6,8,10-16,18,25H,5,7,9,17H2,1-2H3,(H,29,31). The normalized spacial score (nSPS) is 19.4. The Labute approximate surface area is 199 Å². The van der Waals surface area contributed by atoms with Gasteiger partial charge < -0.3 is 19.7 Å². The van der Waals surface area contributed by atoms with Crippen molar-refractivity contribution in [3.8, 4) is 11.5 Å². The fourth-order valence-corrected chi connectivity index (χ4v) is 4.89. The van der Waals surface area contributed by atoms with E-state index in [1.54, 1.807) is 38.3 Å². The number of hydrogen-bond acceptors (Lipinski definition) is 4. The number of nitrogens with one attached hydrogen (secondary N) is 1. The molecule has 3 aromatic carbocycles. The Hall–Kier alpha value is -3.80. The number of aryl methyl sites for hydroxylation is 1. The second-order valence-corrected chi connectivity index (χ2v) is 8.84. The number of methoxy groups -OCH3 is 1. The Balaban J connectivity index is 1.42. The van der Waals surface area contributed by atoms with Gasteiger partial charge in [-0.25, -0.2) is 0 Å². The lowest BCUT2D eigenvalue weighted by molar-refractivity contribution is -0.140. The molecule has 3 aromatic rings. The minimum atomic E-state index is -0.574. The van der Waals surface area contributed by atoms with Crippen molar-refractivity contribution in [3.63, 3.8) is 0 Å². The Bertz CT molecular complexity index is 1220. The van der Waals surface area contributed by atoms with Crippen molar-refractivity contribution >= 4 is 17.5 Å². The van der Waals surface area contributed by atoms with Crippen LogP contribution in [0.15, 0.2) is 66.7 Å². The zero-order chi connectivity index (χ0) is 23.7. The predicted octanol–water partition coefficient (Wildman–Crippen LogP) is 5.13. The summed E-state index contributed by atoms with van der Waals surface area (Å²) in [6.45, 7) is 2.24. The first-order valence-electron chi connectivity index (χ1n) is 11.7. The zero-order valence-corrected chi connectivity index (χ0v) is 19.4. The molecule has 1 N–H and O–H groups in total. The predicted molar refractivity (Wildman–Crippen MR) is 130 cm³/mol. The fraction of sp³-hybridized carbons (Fsp3) is 0.286. The molecule has 2 amide bonds. The summed E-state index contributed by atoms with van der Waals surface area (Å²) in [5.41, 5.74) is 4.62. The number of benzene rings is 3. The zero-order valence-electron chi connectivity index (χ0n) is 19.4. The van der Waals surface area contributed by atoms with E-state index in [2.05, 4.69) is 23.5 Å². The number of carbonyl (C=O) groups is 2. The molecule has 0 fully saturated rings. The highest BCUT2D eigenvalue weighted by Gasteiger charge is 2.35. The number of anilines is 1. The maximum Gasteiger partial charge on any atom is 0.264 e. The highest BCUT2D eigenvalue weighted by Crippen LogP contribution is 2.38. The van der Waals surface area contributed by atoms with Gasteiger partial charge in [-0.1, -0.05) is 24.3 Å². The van der Waals surface area contributed by atoms with Gasteiger partial charge in [0, 0.05) is 16.8 Å². The highest BCUT2D eigenvalue weighted by atomic mass is 16.5. The molecule has 2 aliphatic rings. The first-order chi connectivity index (χ1) is 16.5. The number of fused-ring (bicyclic) bond motifs is 2. The van der Waals surface area contributed by atoms with Crippen LogP contribution in [-0.2, 0) is 17.8 Å². The summed E-state index contributed by atoms with van der Waals surface area (Å²) in [5, 5.41) is 2.96. The molecule has 0 saturated heterocycles. The van der Waals surface area contributed by atoms with E-state index in [0.717, 1.165) is 24.8 Å². The Morgan fingerprint density at radius 2 is 1.85 bits per heavy atom. The number of nitrogens with zero attached hydrogens (tertiary/aromatic N) is 1. The minimum absolute atomic E-state index is 0.0123. The van der Waals surface area contributed by atoms with E-state index in [-0.39, 0.29) is 17.9 Å². The van der Waals surface area contributed by atoms with Gasteiger partial charge in [0.25, 0.3) is 11.8 Å². The van der Waals surface area contributed by atoms with Crippen molar-refractivity contribution < 1.29 is 19.1 Å². The number of carbonyl (C=O) groups excluding carboxylic acids is 2. The van der Waals surface area contributed by atoms with Crippen LogP contribution in [-0.4, -0.2) is 29.9 Å². The van der Waals surface area contributed by atoms with Crippen molar-refractivity contribution in [2.75, 3.05) is 12.4 Å². The maximum absolute atomic E-state index is 13.3. The van der Waals surface area contributed by atoms with E-state index in [9.17, 15) is 9.59 Å². The molecule has 0 aromatic heterocycles. The molecule has 1 heterocycles. The van der Waals surface area contributed by atoms with Crippen molar-refractivity contribution in [1.82, 2.24) is 4.90 Å². The molecule has 0 radical (unpaired) electrons. The van der Waals surface area contributed by atoms with Crippen molar-refractivity contribution in [1.29, 1.82) is 0 Å². The first kappa shape index (κ1) is 22.0. The van der Waals surface area contributed by atoms with E-state index in [4.69, 9.17) is 9.47 Å². The molecular formula is C28H28N2O4. The third kappa shape index (κ3) is 4.23. The smallest absolute Gasteiger partial charge is 0.264 e. The molecule has 0 bridgehead atoms. The topological polar surface area (TPSA) is 67.9 Å². The minimum Gasteiger partial charge on any atom is -0.497 e. The van der Waals surface area contributed by atoms with Crippen LogP contribution in [0.4, 0.5) is 5.69 Å². The lowest BCUT2D eigenvalue weighted by Crippen LogP contribution is -2.41. The molecular weight excluding hydrogens is 428 g/mol. The second-order valence-electron chi connectivity index (χ2n) is 8.84. The van der Waals surface area contributed by atoms with Gasteiger partial charge in [-0.3, -0.25) is 9.59 Å². The average molecular weight is 457 g/mol. The van der Waals surface area contributed by atoms with Gasteiger partial charge in [0.1, 0.15) is 11.5 Å². The average Bonchev–Trinajstić information content (AvgIpc) is 2.99. The highest BCUT2D eigenvalue weighted by molar-refractivity contribution is 6.04. The molecule has 5 rings (SSSR count). The summed E-state index contributed by atoms with van der Waals surface area (Å²) in [7, 11) is 1.59. The third-order valence-corrected chi connectivity index (χ3v) is 6.66. The number of hydrogen-bond donors (Lipinski definition) is 1. The molecule has 34 heavy (non-hydrogen) atoms. The second kappa shape index (κ2) is 9.21. The van der Waals surface area contributed by atoms with Gasteiger partial charge in [-0.2, -0.15) is 0 Å². The maximum atomic E-state index is 13.3. The number of rotatable bonds is 4. The van der Waals surface area contributed by atoms with Crippen LogP contribution in [0.3, 0.4) is 0 Å². The van der Waals surface area contributed by atoms with Crippen LogP contribution in [0.2, 0.25) is 0 Å². The Morgan fingerprint density at radius 3 is 2.65 bits per heavy atom. The van der Waals surface area contributed by atoms with E-state index in [0.29, 0.717) is 29.3 Å². The van der Waals surface area contributed by atoms with E-state index < -0.39 is 6.10 Å². The van der Waals surface area contributed by atoms with E-state index in [1.807, 2.05) is 29.2 Å². The lowest BCUT2D eigenvalue weighted by atomic mass is 9.86. The van der Waals surface area contributed by atoms with Crippen LogP contribution < -0.4 is 14.8 Å². The fourth-order valence-electron chi connectivity index (χ4n) is 4.89. The van der Waals surface area contributed by atoms with Crippen molar-refractivity contribution in [2.24, 2.45) is 0 Å². The summed E-state index contributed by atoms with van der Waals surface area (Å²) in [6.07, 6.45) is 2.44. The molecule has 1 aliphatic carbocycles. The summed E-state index contributed by atoms with van der Waals surface area (Å²) in [5.74, 6) is 1.15. The molecule has 6 heteroatoms. The van der Waals surface area contributed by atoms with Crippen molar-refractivity contribution in [3.05, 3.63) is 89.0 Å². The monoisotopic (exact) mass is 456 g/mol. The molecule has 2 unspecified atom stereocenters. The number of ether oxygens (including phenoxy) is 2. The van der Waals surface area contributed by atoms with Gasteiger partial charge in [-0.05, 0) is 79.8 Å². The molecule has 2 atom stereocenters. The van der Waals surface area contributed by atoms with Crippen LogP contribution in [0, 0.1) is 0 Å². The summed E-state index contributed by atoms with van der Waals surface area (Å²) >= 11 is 0. The van der Waals surface area contributed by atoms with Crippen LogP contribution in [0.5, 0.6) is 11.5 Å². The van der Waals surface area contributed by atoms with E-state index in [1.165, 1.54) is 11.1 Å². The Morgan fingerprint density at radius 1 is 1.06 bits per heavy atom. The quantitative estimate of drug-likeness (QED) is 0.591. The first-order valence-corrected chi connectivity index (χ1v) is 11.7. The molecule has 1 aliphatic heterocycles. The molecule has 174 valence electrons. The Kier molecular flexibility index (Phi) is 5.97. The SMILES string of the molecule is COc1ccc(C(=O)Nc2ccc3c(c2)CN(C2CCCc4ccccc42)C(=O)C(C)O3)cc1. The van der Waals surface area contributed by atoms with Gasteiger partial charge in [0.2, 0.25) is 0 Å². The third-order valence-electron chi connectivity index (χ3n) is 6.66. The van der Waals surface area contributed by atoms with Crippen molar-refractivity contribution in [2.45, 2.75) is 44.9 Å². The molecule has 0 saturated carbocycles. The van der Waals surface area contributed by atoms with Crippen LogP contribution >= 0.6 is 0 Å². The summed E-state index contributed by atoms with van der Waals surface area (Å²) < 4.78 is 11.2. The van der Waals surface area contributed by atoms with Gasteiger partial charge in [-0.15, -0.1) is 0 Å². The molecule has 0 spiro atoms. The largest absolute Gasteiger partial charge is 0.497 e.